The Labute approximate surface area is 96.5 Å². The molecule has 82 valence electrons. The second-order valence-corrected chi connectivity index (χ2v) is 5.30. The zero-order valence-electron chi connectivity index (χ0n) is 9.88. The smallest absolute Gasteiger partial charge is 0.0214 e. The molecule has 1 aliphatic heterocycles. The van der Waals surface area contributed by atoms with Crippen LogP contribution in [0.5, 0.6) is 0 Å². The lowest BCUT2D eigenvalue weighted by atomic mass is 9.78. The first-order valence-electron chi connectivity index (χ1n) is 5.90. The van der Waals surface area contributed by atoms with E-state index in [0.717, 1.165) is 13.1 Å². The molecule has 1 N–H and O–H groups in total. The molecule has 0 fully saturated rings. The lowest BCUT2D eigenvalue weighted by molar-refractivity contribution is 0.437. The van der Waals surface area contributed by atoms with Crippen LogP contribution < -0.4 is 5.32 Å². The Kier molecular flexibility index (Phi) is 2.05. The van der Waals surface area contributed by atoms with Crippen molar-refractivity contribution in [3.05, 3.63) is 47.5 Å². The minimum Gasteiger partial charge on any atom is -0.312 e. The number of hydrogen-bond acceptors (Lipinski definition) is 1. The Balaban J connectivity index is 2.35. The van der Waals surface area contributed by atoms with E-state index in [4.69, 9.17) is 0 Å². The van der Waals surface area contributed by atoms with Gasteiger partial charge in [-0.05, 0) is 21.9 Å². The first-order chi connectivity index (χ1) is 7.68. The second kappa shape index (κ2) is 3.33. The van der Waals surface area contributed by atoms with E-state index in [1.807, 2.05) is 0 Å². The molecular formula is C15H17N. The Morgan fingerprint density at radius 3 is 2.75 bits per heavy atom. The molecule has 16 heavy (non-hydrogen) atoms. The second-order valence-electron chi connectivity index (χ2n) is 5.30. The Morgan fingerprint density at radius 2 is 1.88 bits per heavy atom. The van der Waals surface area contributed by atoms with E-state index in [0.29, 0.717) is 0 Å². The molecule has 2 aromatic rings. The number of nitrogens with one attached hydrogen (secondary N) is 1. The van der Waals surface area contributed by atoms with Crippen LogP contribution in [0.25, 0.3) is 10.8 Å². The highest BCUT2D eigenvalue weighted by Gasteiger charge is 2.27. The van der Waals surface area contributed by atoms with Gasteiger partial charge in [-0.2, -0.15) is 0 Å². The van der Waals surface area contributed by atoms with Crippen molar-refractivity contribution < 1.29 is 0 Å². The van der Waals surface area contributed by atoms with Gasteiger partial charge in [0, 0.05) is 18.5 Å². The first kappa shape index (κ1) is 9.86. The quantitative estimate of drug-likeness (QED) is 0.705. The topological polar surface area (TPSA) is 12.0 Å². The zero-order chi connectivity index (χ0) is 11.2. The van der Waals surface area contributed by atoms with Crippen LogP contribution in [0.1, 0.15) is 25.0 Å². The molecule has 0 aromatic heterocycles. The van der Waals surface area contributed by atoms with Gasteiger partial charge in [-0.25, -0.2) is 0 Å². The van der Waals surface area contributed by atoms with Crippen LogP contribution in [0.4, 0.5) is 0 Å². The number of hydrogen-bond donors (Lipinski definition) is 1. The molecule has 0 spiro atoms. The molecule has 1 heteroatoms. The highest BCUT2D eigenvalue weighted by atomic mass is 14.9. The maximum Gasteiger partial charge on any atom is 0.0214 e. The number of rotatable bonds is 0. The van der Waals surface area contributed by atoms with E-state index in [2.05, 4.69) is 55.6 Å². The van der Waals surface area contributed by atoms with Crippen molar-refractivity contribution in [2.45, 2.75) is 25.8 Å². The summed E-state index contributed by atoms with van der Waals surface area (Å²) in [5.41, 5.74) is 3.23. The summed E-state index contributed by atoms with van der Waals surface area (Å²) in [7, 11) is 0. The summed E-state index contributed by atoms with van der Waals surface area (Å²) in [6.45, 7) is 6.69. The molecule has 0 saturated heterocycles. The van der Waals surface area contributed by atoms with E-state index >= 15 is 0 Å². The summed E-state index contributed by atoms with van der Waals surface area (Å²) in [6.07, 6.45) is 0. The van der Waals surface area contributed by atoms with Crippen LogP contribution in [0.2, 0.25) is 0 Å². The van der Waals surface area contributed by atoms with Crippen molar-refractivity contribution in [1.29, 1.82) is 0 Å². The van der Waals surface area contributed by atoms with Crippen LogP contribution in [0.15, 0.2) is 36.4 Å². The highest BCUT2D eigenvalue weighted by molar-refractivity contribution is 5.87. The van der Waals surface area contributed by atoms with Gasteiger partial charge in [0.2, 0.25) is 0 Å². The Bertz CT molecular complexity index is 540. The van der Waals surface area contributed by atoms with E-state index in [-0.39, 0.29) is 5.41 Å². The lowest BCUT2D eigenvalue weighted by Gasteiger charge is -2.34. The van der Waals surface area contributed by atoms with Gasteiger partial charge in [-0.3, -0.25) is 0 Å². The molecule has 1 aliphatic rings. The Hall–Kier alpha value is -1.34. The van der Waals surface area contributed by atoms with Gasteiger partial charge in [0.05, 0.1) is 0 Å². The largest absolute Gasteiger partial charge is 0.312 e. The molecule has 0 atom stereocenters. The fourth-order valence-corrected chi connectivity index (χ4v) is 2.76. The Morgan fingerprint density at radius 1 is 1.06 bits per heavy atom. The molecule has 0 unspecified atom stereocenters. The summed E-state index contributed by atoms with van der Waals surface area (Å²) >= 11 is 0. The summed E-state index contributed by atoms with van der Waals surface area (Å²) in [5, 5.41) is 6.27. The molecule has 0 saturated carbocycles. The van der Waals surface area contributed by atoms with Gasteiger partial charge >= 0.3 is 0 Å². The molecule has 0 bridgehead atoms. The third kappa shape index (κ3) is 1.35. The first-order valence-corrected chi connectivity index (χ1v) is 5.90. The molecular weight excluding hydrogens is 194 g/mol. The van der Waals surface area contributed by atoms with Gasteiger partial charge in [0.15, 0.2) is 0 Å². The van der Waals surface area contributed by atoms with Gasteiger partial charge in [0.1, 0.15) is 0 Å². The lowest BCUT2D eigenvalue weighted by Crippen LogP contribution is -2.38. The van der Waals surface area contributed by atoms with E-state index in [1.165, 1.54) is 21.9 Å². The fourth-order valence-electron chi connectivity index (χ4n) is 2.76. The van der Waals surface area contributed by atoms with Crippen LogP contribution in [-0.4, -0.2) is 6.54 Å². The molecule has 0 amide bonds. The third-order valence-electron chi connectivity index (χ3n) is 3.64. The van der Waals surface area contributed by atoms with Crippen molar-refractivity contribution >= 4 is 10.8 Å². The van der Waals surface area contributed by atoms with Gasteiger partial charge in [0.25, 0.3) is 0 Å². The molecule has 1 heterocycles. The maximum atomic E-state index is 3.52. The van der Waals surface area contributed by atoms with E-state index in [9.17, 15) is 0 Å². The molecule has 3 rings (SSSR count). The summed E-state index contributed by atoms with van der Waals surface area (Å²) < 4.78 is 0. The molecule has 2 aromatic carbocycles. The third-order valence-corrected chi connectivity index (χ3v) is 3.64. The minimum absolute atomic E-state index is 0.248. The normalized spacial score (nSPS) is 18.4. The van der Waals surface area contributed by atoms with Crippen LogP contribution in [0.3, 0.4) is 0 Å². The van der Waals surface area contributed by atoms with Crippen molar-refractivity contribution in [3.8, 4) is 0 Å². The van der Waals surface area contributed by atoms with Crippen LogP contribution in [-0.2, 0) is 12.0 Å². The summed E-state index contributed by atoms with van der Waals surface area (Å²) in [6, 6.07) is 13.2. The van der Waals surface area contributed by atoms with Crippen molar-refractivity contribution in [2.75, 3.05) is 6.54 Å². The standard InChI is InChI=1S/C15H17N/c1-15(2)10-16-9-13-12-6-4-3-5-11(12)7-8-14(13)15/h3-8,16H,9-10H2,1-2H3. The zero-order valence-corrected chi connectivity index (χ0v) is 9.88. The average Bonchev–Trinajstić information content (AvgIpc) is 2.28. The van der Waals surface area contributed by atoms with Crippen LogP contribution in [0, 0.1) is 0 Å². The van der Waals surface area contributed by atoms with Crippen molar-refractivity contribution in [3.63, 3.8) is 0 Å². The van der Waals surface area contributed by atoms with Gasteiger partial charge < -0.3 is 5.32 Å². The van der Waals surface area contributed by atoms with E-state index in [1.54, 1.807) is 0 Å². The highest BCUT2D eigenvalue weighted by Crippen LogP contribution is 2.33. The number of benzene rings is 2. The SMILES string of the molecule is CC1(C)CNCc2c1ccc1ccccc21. The summed E-state index contributed by atoms with van der Waals surface area (Å²) in [5.74, 6) is 0. The maximum absolute atomic E-state index is 3.52. The fraction of sp³-hybridized carbons (Fsp3) is 0.333. The monoisotopic (exact) mass is 211 g/mol. The number of fused-ring (bicyclic) bond motifs is 3. The minimum atomic E-state index is 0.248. The molecule has 0 radical (unpaired) electrons. The van der Waals surface area contributed by atoms with Gasteiger partial charge in [-0.15, -0.1) is 0 Å². The molecule has 1 nitrogen and oxygen atoms in total. The predicted molar refractivity (Wildman–Crippen MR) is 68.7 cm³/mol. The average molecular weight is 211 g/mol. The predicted octanol–water partition coefficient (Wildman–Crippen LogP) is 3.22. The van der Waals surface area contributed by atoms with E-state index < -0.39 is 0 Å². The van der Waals surface area contributed by atoms with Gasteiger partial charge in [-0.1, -0.05) is 50.2 Å². The van der Waals surface area contributed by atoms with Crippen molar-refractivity contribution in [1.82, 2.24) is 5.32 Å². The molecule has 0 aliphatic carbocycles. The van der Waals surface area contributed by atoms with Crippen molar-refractivity contribution in [2.24, 2.45) is 0 Å². The summed E-state index contributed by atoms with van der Waals surface area (Å²) in [4.78, 5) is 0. The van der Waals surface area contributed by atoms with Crippen LogP contribution >= 0.6 is 0 Å².